The highest BCUT2D eigenvalue weighted by Crippen LogP contribution is 2.34. The minimum atomic E-state index is 0.0166. The van der Waals surface area contributed by atoms with Crippen molar-refractivity contribution >= 4 is 5.97 Å². The van der Waals surface area contributed by atoms with Crippen molar-refractivity contribution in [3.63, 3.8) is 0 Å². The Morgan fingerprint density at radius 1 is 1.25 bits per heavy atom. The van der Waals surface area contributed by atoms with E-state index in [0.717, 1.165) is 44.5 Å². The van der Waals surface area contributed by atoms with Gasteiger partial charge in [-0.3, -0.25) is 4.79 Å². The molecule has 3 heteroatoms. The van der Waals surface area contributed by atoms with E-state index in [2.05, 4.69) is 27.4 Å². The fourth-order valence-electron chi connectivity index (χ4n) is 3.29. The second kappa shape index (κ2) is 6.64. The summed E-state index contributed by atoms with van der Waals surface area (Å²) in [6, 6.07) is 0. The zero-order chi connectivity index (χ0) is 14.7. The van der Waals surface area contributed by atoms with E-state index in [1.807, 2.05) is 0 Å². The molecule has 20 heavy (non-hydrogen) atoms. The van der Waals surface area contributed by atoms with Gasteiger partial charge in [0.05, 0.1) is 18.3 Å². The van der Waals surface area contributed by atoms with Crippen molar-refractivity contribution < 1.29 is 14.3 Å². The van der Waals surface area contributed by atoms with Crippen molar-refractivity contribution in [3.8, 4) is 0 Å². The standard InChI is InChI=1S/C17H28O3/c1-11(2)16-8-7-14(17(18)20-16)9-12(3)15-6-5-13(4)19-10-15/h11-12,14-16H,4-10H2,1-3H3/t12?,14?,15?,16-/m0/s1. The van der Waals surface area contributed by atoms with Crippen LogP contribution in [0.2, 0.25) is 0 Å². The lowest BCUT2D eigenvalue weighted by atomic mass is 9.80. The maximum absolute atomic E-state index is 12.1. The van der Waals surface area contributed by atoms with Crippen LogP contribution in [0.1, 0.15) is 52.9 Å². The Morgan fingerprint density at radius 3 is 2.55 bits per heavy atom. The third-order valence-corrected chi connectivity index (χ3v) is 4.90. The van der Waals surface area contributed by atoms with Gasteiger partial charge in [-0.1, -0.05) is 27.4 Å². The molecule has 0 aromatic rings. The molecular formula is C17H28O3. The van der Waals surface area contributed by atoms with Crippen LogP contribution in [0.5, 0.6) is 0 Å². The van der Waals surface area contributed by atoms with Gasteiger partial charge in [0.2, 0.25) is 0 Å². The van der Waals surface area contributed by atoms with Crippen LogP contribution in [-0.4, -0.2) is 18.7 Å². The molecule has 2 aliphatic rings. The van der Waals surface area contributed by atoms with Crippen molar-refractivity contribution in [2.75, 3.05) is 6.61 Å². The summed E-state index contributed by atoms with van der Waals surface area (Å²) >= 11 is 0. The van der Waals surface area contributed by atoms with Crippen LogP contribution in [-0.2, 0) is 14.3 Å². The van der Waals surface area contributed by atoms with Crippen LogP contribution >= 0.6 is 0 Å². The zero-order valence-corrected chi connectivity index (χ0v) is 13.1. The number of carbonyl (C=O) groups excluding carboxylic acids is 1. The summed E-state index contributed by atoms with van der Waals surface area (Å²) in [5.74, 6) is 2.50. The number of rotatable bonds is 4. The van der Waals surface area contributed by atoms with Gasteiger partial charge in [-0.2, -0.15) is 0 Å². The highest BCUT2D eigenvalue weighted by Gasteiger charge is 2.34. The number of hydrogen-bond acceptors (Lipinski definition) is 3. The average molecular weight is 280 g/mol. The fraction of sp³-hybridized carbons (Fsp3) is 0.824. The number of cyclic esters (lactones) is 1. The van der Waals surface area contributed by atoms with Gasteiger partial charge in [0.1, 0.15) is 6.10 Å². The van der Waals surface area contributed by atoms with Gasteiger partial charge in [-0.05, 0) is 43.4 Å². The molecule has 4 atom stereocenters. The molecule has 3 nitrogen and oxygen atoms in total. The lowest BCUT2D eigenvalue weighted by Crippen LogP contribution is -2.36. The maximum atomic E-state index is 12.1. The molecule has 0 aromatic carbocycles. The Hall–Kier alpha value is -0.990. The van der Waals surface area contributed by atoms with Crippen molar-refractivity contribution in [1.82, 2.24) is 0 Å². The minimum absolute atomic E-state index is 0.0166. The van der Waals surface area contributed by atoms with E-state index in [4.69, 9.17) is 9.47 Å². The quantitative estimate of drug-likeness (QED) is 0.732. The second-order valence-corrected chi connectivity index (χ2v) is 6.86. The molecule has 2 aliphatic heterocycles. The topological polar surface area (TPSA) is 35.5 Å². The van der Waals surface area contributed by atoms with Crippen LogP contribution in [0.3, 0.4) is 0 Å². The molecule has 0 N–H and O–H groups in total. The van der Waals surface area contributed by atoms with Crippen molar-refractivity contribution in [2.45, 2.75) is 59.0 Å². The first-order valence-electron chi connectivity index (χ1n) is 7.98. The number of ether oxygens (including phenoxy) is 2. The summed E-state index contributed by atoms with van der Waals surface area (Å²) in [6.07, 6.45) is 5.14. The Balaban J connectivity index is 1.81. The van der Waals surface area contributed by atoms with Crippen LogP contribution in [0.15, 0.2) is 12.3 Å². The molecular weight excluding hydrogens is 252 g/mol. The summed E-state index contributed by atoms with van der Waals surface area (Å²) in [7, 11) is 0. The van der Waals surface area contributed by atoms with Crippen molar-refractivity contribution in [3.05, 3.63) is 12.3 Å². The summed E-state index contributed by atoms with van der Waals surface area (Å²) in [5.41, 5.74) is 0. The smallest absolute Gasteiger partial charge is 0.309 e. The summed E-state index contributed by atoms with van der Waals surface area (Å²) in [5, 5.41) is 0. The van der Waals surface area contributed by atoms with Crippen LogP contribution in [0.4, 0.5) is 0 Å². The zero-order valence-electron chi connectivity index (χ0n) is 13.1. The average Bonchev–Trinajstić information content (AvgIpc) is 2.41. The Kier molecular flexibility index (Phi) is 5.11. The van der Waals surface area contributed by atoms with Gasteiger partial charge in [0.25, 0.3) is 0 Å². The molecule has 0 amide bonds. The highest BCUT2D eigenvalue weighted by molar-refractivity contribution is 5.73. The molecule has 0 spiro atoms. The lowest BCUT2D eigenvalue weighted by Gasteiger charge is -2.34. The molecule has 2 heterocycles. The highest BCUT2D eigenvalue weighted by atomic mass is 16.5. The summed E-state index contributed by atoms with van der Waals surface area (Å²) < 4.78 is 11.1. The lowest BCUT2D eigenvalue weighted by molar-refractivity contribution is -0.164. The molecule has 0 bridgehead atoms. The Labute approximate surface area is 122 Å². The predicted octanol–water partition coefficient (Wildman–Crippen LogP) is 3.93. The van der Waals surface area contributed by atoms with E-state index in [0.29, 0.717) is 17.8 Å². The van der Waals surface area contributed by atoms with Crippen LogP contribution < -0.4 is 0 Å². The van der Waals surface area contributed by atoms with Crippen LogP contribution in [0.25, 0.3) is 0 Å². The summed E-state index contributed by atoms with van der Waals surface area (Å²) in [4.78, 5) is 12.1. The minimum Gasteiger partial charge on any atom is -0.498 e. The molecule has 0 aromatic heterocycles. The first-order valence-corrected chi connectivity index (χ1v) is 7.98. The molecule has 0 saturated carbocycles. The largest absolute Gasteiger partial charge is 0.498 e. The molecule has 0 radical (unpaired) electrons. The second-order valence-electron chi connectivity index (χ2n) is 6.86. The normalized spacial score (nSPS) is 32.7. The van der Waals surface area contributed by atoms with Crippen molar-refractivity contribution in [1.29, 1.82) is 0 Å². The monoisotopic (exact) mass is 280 g/mol. The first kappa shape index (κ1) is 15.4. The van der Waals surface area contributed by atoms with Gasteiger partial charge in [-0.25, -0.2) is 0 Å². The van der Waals surface area contributed by atoms with Crippen LogP contribution in [0, 0.1) is 23.7 Å². The summed E-state index contributed by atoms with van der Waals surface area (Å²) in [6.45, 7) is 11.1. The number of hydrogen-bond donors (Lipinski definition) is 0. The van der Waals surface area contributed by atoms with E-state index in [9.17, 15) is 4.79 Å². The number of carbonyl (C=O) groups is 1. The molecule has 3 unspecified atom stereocenters. The van der Waals surface area contributed by atoms with E-state index in [1.165, 1.54) is 0 Å². The Bertz CT molecular complexity index is 351. The van der Waals surface area contributed by atoms with Gasteiger partial charge < -0.3 is 9.47 Å². The number of esters is 1. The number of allylic oxidation sites excluding steroid dienone is 1. The molecule has 2 fully saturated rings. The Morgan fingerprint density at radius 2 is 2.00 bits per heavy atom. The van der Waals surface area contributed by atoms with Gasteiger partial charge in [-0.15, -0.1) is 0 Å². The van der Waals surface area contributed by atoms with E-state index >= 15 is 0 Å². The van der Waals surface area contributed by atoms with Gasteiger partial charge in [0.15, 0.2) is 0 Å². The SMILES string of the molecule is C=C1CCC(C(C)CC2CC[C@@H](C(C)C)OC2=O)CO1. The molecule has 114 valence electrons. The molecule has 2 saturated heterocycles. The third-order valence-electron chi connectivity index (χ3n) is 4.90. The maximum Gasteiger partial charge on any atom is 0.309 e. The predicted molar refractivity (Wildman–Crippen MR) is 79.0 cm³/mol. The molecule has 2 rings (SSSR count). The molecule has 0 aliphatic carbocycles. The third kappa shape index (κ3) is 3.77. The van der Waals surface area contributed by atoms with E-state index in [1.54, 1.807) is 0 Å². The first-order chi connectivity index (χ1) is 9.47. The van der Waals surface area contributed by atoms with Crippen molar-refractivity contribution in [2.24, 2.45) is 23.7 Å². The fourth-order valence-corrected chi connectivity index (χ4v) is 3.29. The van der Waals surface area contributed by atoms with E-state index < -0.39 is 0 Å². The van der Waals surface area contributed by atoms with E-state index in [-0.39, 0.29) is 18.0 Å². The van der Waals surface area contributed by atoms with Gasteiger partial charge >= 0.3 is 5.97 Å². The van der Waals surface area contributed by atoms with Gasteiger partial charge in [0, 0.05) is 6.42 Å².